The number of hydrogen-bond acceptors (Lipinski definition) is 5. The molecule has 1 aromatic carbocycles. The molecule has 2 N–H and O–H groups in total. The second kappa shape index (κ2) is 8.02. The van der Waals surface area contributed by atoms with Gasteiger partial charge in [-0.2, -0.15) is 5.10 Å². The normalized spacial score (nSPS) is 22.3. The van der Waals surface area contributed by atoms with Crippen LogP contribution >= 0.6 is 0 Å². The molecule has 0 unspecified atom stereocenters. The van der Waals surface area contributed by atoms with E-state index in [4.69, 9.17) is 15.7 Å². The van der Waals surface area contributed by atoms with Gasteiger partial charge in [0.05, 0.1) is 34.0 Å². The number of benzene rings is 1. The highest BCUT2D eigenvalue weighted by Gasteiger charge is 2.39. The number of aliphatic hydroxyl groups is 1. The highest BCUT2D eigenvalue weighted by molar-refractivity contribution is 6.40. The van der Waals surface area contributed by atoms with Crippen molar-refractivity contribution in [2.45, 2.75) is 30.2 Å². The molecule has 2 fully saturated rings. The molecule has 8 nitrogen and oxygen atoms in total. The lowest BCUT2D eigenvalue weighted by Gasteiger charge is -2.27. The number of β-amino-alcohol motifs (C(OH)–C–C–N with tert-alkyl or cyclic N) is 1. The van der Waals surface area contributed by atoms with Crippen molar-refractivity contribution in [3.63, 3.8) is 0 Å². The first kappa shape index (κ1) is 21.7. The molecule has 2 saturated heterocycles. The van der Waals surface area contributed by atoms with Gasteiger partial charge < -0.3 is 20.2 Å². The third kappa shape index (κ3) is 4.15. The molecule has 2 amide bonds. The Labute approximate surface area is 191 Å². The predicted octanol–water partition coefficient (Wildman–Crippen LogP) is 2.01. The molecule has 0 aliphatic carbocycles. The van der Waals surface area contributed by atoms with E-state index in [0.29, 0.717) is 30.1 Å². The van der Waals surface area contributed by atoms with Gasteiger partial charge in [0.25, 0.3) is 0 Å². The summed E-state index contributed by atoms with van der Waals surface area (Å²) in [5, 5.41) is 15.5. The number of fused-ring (bicyclic) bond motifs is 1. The summed E-state index contributed by atoms with van der Waals surface area (Å²) in [4.78, 5) is 20.4. The average molecular weight is 448 g/mol. The van der Waals surface area contributed by atoms with E-state index in [9.17, 15) is 18.7 Å². The molecule has 166 valence electrons. The van der Waals surface area contributed by atoms with E-state index in [1.54, 1.807) is 17.2 Å². The Hall–Kier alpha value is -3.14. The van der Waals surface area contributed by atoms with Crippen LogP contribution in [0.15, 0.2) is 36.7 Å². The molecule has 2 aliphatic rings. The van der Waals surface area contributed by atoms with E-state index < -0.39 is 29.0 Å². The van der Waals surface area contributed by atoms with E-state index >= 15 is 0 Å². The first-order valence-corrected chi connectivity index (χ1v) is 10.6. The maximum Gasteiger partial charge on any atom is 0.322 e. The van der Waals surface area contributed by atoms with Crippen molar-refractivity contribution < 1.29 is 18.7 Å². The van der Waals surface area contributed by atoms with Gasteiger partial charge in [-0.3, -0.25) is 0 Å². The van der Waals surface area contributed by atoms with Crippen LogP contribution in [-0.4, -0.2) is 72.1 Å². The van der Waals surface area contributed by atoms with Crippen LogP contribution in [0.1, 0.15) is 24.4 Å². The summed E-state index contributed by atoms with van der Waals surface area (Å²) in [6, 6.07) is 3.96. The zero-order valence-corrected chi connectivity index (χ0v) is 17.7. The van der Waals surface area contributed by atoms with E-state index in [2.05, 4.69) is 15.4 Å². The summed E-state index contributed by atoms with van der Waals surface area (Å²) < 4.78 is 29.9. The van der Waals surface area contributed by atoms with Crippen molar-refractivity contribution in [2.75, 3.05) is 29.9 Å². The topological polar surface area (TPSA) is 86.0 Å². The summed E-state index contributed by atoms with van der Waals surface area (Å²) in [7, 11) is 12.4. The number of anilines is 2. The van der Waals surface area contributed by atoms with Crippen LogP contribution in [0.5, 0.6) is 0 Å². The minimum Gasteiger partial charge on any atom is -0.391 e. The second-order valence-corrected chi connectivity index (χ2v) is 8.68. The van der Waals surface area contributed by atoms with Gasteiger partial charge >= 0.3 is 6.03 Å². The van der Waals surface area contributed by atoms with Gasteiger partial charge in [-0.05, 0) is 37.1 Å². The maximum absolute atomic E-state index is 14.6. The van der Waals surface area contributed by atoms with Gasteiger partial charge in [-0.15, -0.1) is 0 Å². The Morgan fingerprint density at radius 3 is 2.85 bits per heavy atom. The lowest BCUT2D eigenvalue weighted by Crippen LogP contribution is -2.33. The number of aliphatic hydroxyl groups excluding tert-OH is 1. The second-order valence-electron chi connectivity index (χ2n) is 8.68. The van der Waals surface area contributed by atoms with E-state index in [-0.39, 0.29) is 31.1 Å². The summed E-state index contributed by atoms with van der Waals surface area (Å²) in [5.41, 5.74) is 0.886. The Bertz CT molecular complexity index is 1220. The van der Waals surface area contributed by atoms with Crippen LogP contribution in [0.3, 0.4) is 0 Å². The minimum absolute atomic E-state index is 0.143. The molecule has 33 heavy (non-hydrogen) atoms. The molecule has 3 aromatic rings. The molecule has 4 heterocycles. The highest BCUT2D eigenvalue weighted by atomic mass is 19.1. The largest absolute Gasteiger partial charge is 0.391 e. The molecule has 0 saturated carbocycles. The number of aromatic nitrogens is 3. The summed E-state index contributed by atoms with van der Waals surface area (Å²) in [6.07, 6.45) is 3.31. The Morgan fingerprint density at radius 1 is 1.27 bits per heavy atom. The first-order chi connectivity index (χ1) is 15.7. The number of amides is 2. The quantitative estimate of drug-likeness (QED) is 0.600. The number of carbonyl (C=O) groups excluding carboxylic acids is 1. The molecule has 0 bridgehead atoms. The average Bonchev–Trinajstić information content (AvgIpc) is 3.46. The van der Waals surface area contributed by atoms with Crippen LogP contribution in [-0.2, 0) is 0 Å². The lowest BCUT2D eigenvalue weighted by molar-refractivity contribution is 0.176. The SMILES string of the molecule is [B]C1([B])C[C@H](c2cc(F)ccc2F)N(c2ccn3ncc(NC(=O)N4CC[C@H](O)C4)c3n2)C1. The first-order valence-electron chi connectivity index (χ1n) is 10.6. The molecule has 12 heteroatoms. The zero-order chi connectivity index (χ0) is 23.3. The number of urea groups is 1. The molecule has 0 spiro atoms. The number of halogens is 2. The fourth-order valence-corrected chi connectivity index (χ4v) is 4.48. The number of nitrogens with one attached hydrogen (secondary N) is 1. The van der Waals surface area contributed by atoms with Gasteiger partial charge in [0.2, 0.25) is 0 Å². The molecule has 2 aliphatic heterocycles. The minimum atomic E-state index is -1.13. The standard InChI is InChI=1S/C21H20B2F2N6O2/c22-21(23)8-17(14-7-12(24)1-2-15(14)25)30(11-21)18-4-6-31-19(28-18)16(9-26-31)27-20(33)29-5-3-13(32)10-29/h1-2,4,6-7,9,13,17,32H,3,5,8,10-11H2,(H,27,33)/t13-,17+/m0/s1. The van der Waals surface area contributed by atoms with Gasteiger partial charge in [-0.25, -0.2) is 23.1 Å². The third-order valence-electron chi connectivity index (χ3n) is 6.07. The van der Waals surface area contributed by atoms with Gasteiger partial charge in [0.1, 0.15) is 23.1 Å². The molecule has 5 rings (SSSR count). The lowest BCUT2D eigenvalue weighted by atomic mass is 9.53. The number of carbonyl (C=O) groups is 1. The van der Waals surface area contributed by atoms with Crippen molar-refractivity contribution in [1.82, 2.24) is 19.5 Å². The van der Waals surface area contributed by atoms with E-state index in [1.807, 2.05) is 0 Å². The Morgan fingerprint density at radius 2 is 2.09 bits per heavy atom. The number of likely N-dealkylation sites (tertiary alicyclic amines) is 1. The maximum atomic E-state index is 14.6. The van der Waals surface area contributed by atoms with Crippen molar-refractivity contribution in [2.24, 2.45) is 0 Å². The number of rotatable bonds is 3. The molecule has 2 atom stereocenters. The summed E-state index contributed by atoms with van der Waals surface area (Å²) >= 11 is 0. The van der Waals surface area contributed by atoms with Crippen molar-refractivity contribution >= 4 is 38.9 Å². The highest BCUT2D eigenvalue weighted by Crippen LogP contribution is 2.46. The van der Waals surface area contributed by atoms with Gasteiger partial charge in [-0.1, -0.05) is 5.21 Å². The molecular weight excluding hydrogens is 428 g/mol. The molecular formula is C21H20B2F2N6O2. The van der Waals surface area contributed by atoms with Crippen molar-refractivity contribution in [1.29, 1.82) is 0 Å². The number of hydrogen-bond donors (Lipinski definition) is 2. The van der Waals surface area contributed by atoms with Crippen LogP contribution in [0.25, 0.3) is 5.65 Å². The van der Waals surface area contributed by atoms with Crippen LogP contribution in [0, 0.1) is 11.6 Å². The smallest absolute Gasteiger partial charge is 0.322 e. The summed E-state index contributed by atoms with van der Waals surface area (Å²) in [6.45, 7) is 0.875. The zero-order valence-electron chi connectivity index (χ0n) is 17.7. The van der Waals surface area contributed by atoms with Crippen molar-refractivity contribution in [3.8, 4) is 0 Å². The fraction of sp³-hybridized carbons (Fsp3) is 0.381. The Kier molecular flexibility index (Phi) is 5.27. The molecule has 2 aromatic heterocycles. The number of nitrogens with zero attached hydrogens (tertiary/aromatic N) is 5. The van der Waals surface area contributed by atoms with E-state index in [1.165, 1.54) is 15.6 Å². The Balaban J connectivity index is 1.47. The fourth-order valence-electron chi connectivity index (χ4n) is 4.48. The summed E-state index contributed by atoms with van der Waals surface area (Å²) in [5.74, 6) is -0.689. The van der Waals surface area contributed by atoms with Gasteiger partial charge in [0.15, 0.2) is 5.65 Å². The van der Waals surface area contributed by atoms with Crippen LogP contribution in [0.4, 0.5) is 25.1 Å². The monoisotopic (exact) mass is 448 g/mol. The van der Waals surface area contributed by atoms with Gasteiger partial charge in [0, 0.05) is 31.4 Å². The predicted molar refractivity (Wildman–Crippen MR) is 119 cm³/mol. The van der Waals surface area contributed by atoms with Crippen molar-refractivity contribution in [3.05, 3.63) is 53.9 Å². The van der Waals surface area contributed by atoms with Crippen LogP contribution in [0.2, 0.25) is 5.21 Å². The third-order valence-corrected chi connectivity index (χ3v) is 6.07. The van der Waals surface area contributed by atoms with E-state index in [0.717, 1.165) is 18.2 Å². The molecule has 4 radical (unpaired) electrons. The van der Waals surface area contributed by atoms with Crippen LogP contribution < -0.4 is 10.2 Å².